The monoisotopic (exact) mass is 328 g/mol. The molecule has 0 bridgehead atoms. The molecule has 2 unspecified atom stereocenters. The lowest BCUT2D eigenvalue weighted by Gasteiger charge is -2.17. The van der Waals surface area contributed by atoms with Crippen LogP contribution in [0.2, 0.25) is 0 Å². The zero-order chi connectivity index (χ0) is 15.8. The normalized spacial score (nSPS) is 19.4. The first-order chi connectivity index (χ1) is 9.76. The predicted octanol–water partition coefficient (Wildman–Crippen LogP) is 1.96. The summed E-state index contributed by atoms with van der Waals surface area (Å²) in [5.74, 6) is -0.916. The molecule has 0 aliphatic heterocycles. The number of nitrogens with zero attached hydrogens (tertiary/aromatic N) is 1. The van der Waals surface area contributed by atoms with E-state index in [0.29, 0.717) is 11.5 Å². The Morgan fingerprint density at radius 2 is 2.24 bits per heavy atom. The van der Waals surface area contributed by atoms with E-state index in [1.54, 1.807) is 0 Å². The maximum atomic E-state index is 12.0. The van der Waals surface area contributed by atoms with Crippen molar-refractivity contribution in [2.75, 3.05) is 4.72 Å². The van der Waals surface area contributed by atoms with Crippen LogP contribution in [0, 0.1) is 17.2 Å². The number of thiophene rings is 1. The average molecular weight is 328 g/mol. The molecular weight excluding hydrogens is 312 g/mol. The van der Waals surface area contributed by atoms with Gasteiger partial charge in [0.05, 0.1) is 5.56 Å². The third kappa shape index (κ3) is 3.04. The number of fused-ring (bicyclic) bond motifs is 1. The van der Waals surface area contributed by atoms with Crippen LogP contribution in [-0.4, -0.2) is 24.7 Å². The summed E-state index contributed by atoms with van der Waals surface area (Å²) in [6.45, 7) is 3.22. The van der Waals surface area contributed by atoms with Gasteiger partial charge in [0.25, 0.3) is 0 Å². The highest BCUT2D eigenvalue weighted by atomic mass is 32.2. The zero-order valence-corrected chi connectivity index (χ0v) is 13.3. The molecule has 2 rings (SSSR count). The van der Waals surface area contributed by atoms with Gasteiger partial charge in [-0.25, -0.2) is 8.42 Å². The van der Waals surface area contributed by atoms with E-state index in [2.05, 4.69) is 11.6 Å². The molecule has 2 atom stereocenters. The van der Waals surface area contributed by atoms with E-state index < -0.39 is 21.2 Å². The molecule has 114 valence electrons. The van der Waals surface area contributed by atoms with Gasteiger partial charge in [0.15, 0.2) is 5.25 Å². The standard InChI is InChI=1S/C13H16N2O4S2/c1-7-3-4-9-10(6-14)12(20-11(9)5-7)15-21(18,19)8(2)13(16)17/h7-8,15H,3-5H2,1-2H3,(H,16,17). The lowest BCUT2D eigenvalue weighted by molar-refractivity contribution is -0.136. The minimum absolute atomic E-state index is 0.240. The van der Waals surface area contributed by atoms with Crippen molar-refractivity contribution in [2.24, 2.45) is 5.92 Å². The van der Waals surface area contributed by atoms with Gasteiger partial charge in [-0.3, -0.25) is 9.52 Å². The molecule has 1 aliphatic rings. The zero-order valence-electron chi connectivity index (χ0n) is 11.7. The third-order valence-electron chi connectivity index (χ3n) is 3.67. The number of nitriles is 1. The molecule has 0 fully saturated rings. The number of carboxylic acid groups (broad SMARTS) is 1. The van der Waals surface area contributed by atoms with E-state index >= 15 is 0 Å². The minimum Gasteiger partial charge on any atom is -0.480 e. The molecule has 2 N–H and O–H groups in total. The van der Waals surface area contributed by atoms with Crippen LogP contribution in [0.25, 0.3) is 0 Å². The second-order valence-electron chi connectivity index (χ2n) is 5.30. The molecule has 1 aromatic rings. The fourth-order valence-corrected chi connectivity index (χ4v) is 4.82. The van der Waals surface area contributed by atoms with Gasteiger partial charge in [-0.05, 0) is 37.7 Å². The Morgan fingerprint density at radius 1 is 1.57 bits per heavy atom. The summed E-state index contributed by atoms with van der Waals surface area (Å²) >= 11 is 1.24. The van der Waals surface area contributed by atoms with Gasteiger partial charge in [0.2, 0.25) is 10.0 Å². The smallest absolute Gasteiger partial charge is 0.323 e. The van der Waals surface area contributed by atoms with Crippen molar-refractivity contribution in [1.82, 2.24) is 0 Å². The van der Waals surface area contributed by atoms with Crippen molar-refractivity contribution < 1.29 is 18.3 Å². The van der Waals surface area contributed by atoms with Gasteiger partial charge < -0.3 is 5.11 Å². The van der Waals surface area contributed by atoms with Gasteiger partial charge in [-0.2, -0.15) is 5.26 Å². The van der Waals surface area contributed by atoms with Crippen molar-refractivity contribution in [3.8, 4) is 6.07 Å². The summed E-state index contributed by atoms with van der Waals surface area (Å²) in [7, 11) is -4.05. The van der Waals surface area contributed by atoms with E-state index in [-0.39, 0.29) is 5.00 Å². The highest BCUT2D eigenvalue weighted by Gasteiger charge is 2.31. The molecule has 0 amide bonds. The van der Waals surface area contributed by atoms with Crippen LogP contribution in [0.5, 0.6) is 0 Å². The molecule has 0 radical (unpaired) electrons. The average Bonchev–Trinajstić information content (AvgIpc) is 2.72. The number of nitrogens with one attached hydrogen (secondary N) is 1. The number of carbonyl (C=O) groups is 1. The summed E-state index contributed by atoms with van der Waals surface area (Å²) in [4.78, 5) is 11.9. The highest BCUT2D eigenvalue weighted by molar-refractivity contribution is 7.94. The van der Waals surface area contributed by atoms with Crippen LogP contribution in [0.3, 0.4) is 0 Å². The number of hydrogen-bond donors (Lipinski definition) is 2. The van der Waals surface area contributed by atoms with Gasteiger partial charge in [0.1, 0.15) is 11.1 Å². The van der Waals surface area contributed by atoms with Crippen LogP contribution >= 0.6 is 11.3 Å². The van der Waals surface area contributed by atoms with Gasteiger partial charge in [0, 0.05) is 4.88 Å². The summed E-state index contributed by atoms with van der Waals surface area (Å²) in [6.07, 6.45) is 2.55. The Bertz CT molecular complexity index is 715. The second-order valence-corrected chi connectivity index (χ2v) is 8.40. The second kappa shape index (κ2) is 5.66. The van der Waals surface area contributed by atoms with Crippen LogP contribution in [0.4, 0.5) is 5.00 Å². The number of sulfonamides is 1. The third-order valence-corrected chi connectivity index (χ3v) is 6.59. The lowest BCUT2D eigenvalue weighted by Crippen LogP contribution is -2.32. The van der Waals surface area contributed by atoms with Crippen LogP contribution in [0.1, 0.15) is 36.3 Å². The highest BCUT2D eigenvalue weighted by Crippen LogP contribution is 2.39. The summed E-state index contributed by atoms with van der Waals surface area (Å²) in [5.41, 5.74) is 1.24. The predicted molar refractivity (Wildman–Crippen MR) is 79.9 cm³/mol. The van der Waals surface area contributed by atoms with Gasteiger partial charge in [-0.1, -0.05) is 6.92 Å². The van der Waals surface area contributed by atoms with Crippen molar-refractivity contribution in [3.63, 3.8) is 0 Å². The van der Waals surface area contributed by atoms with Gasteiger partial charge in [-0.15, -0.1) is 11.3 Å². The first kappa shape index (κ1) is 15.8. The molecule has 1 heterocycles. The van der Waals surface area contributed by atoms with E-state index in [4.69, 9.17) is 5.11 Å². The largest absolute Gasteiger partial charge is 0.480 e. The molecule has 0 aromatic carbocycles. The minimum atomic E-state index is -4.05. The molecule has 21 heavy (non-hydrogen) atoms. The number of carboxylic acids is 1. The van der Waals surface area contributed by atoms with Gasteiger partial charge >= 0.3 is 5.97 Å². The first-order valence-corrected chi connectivity index (χ1v) is 8.91. The molecule has 0 spiro atoms. The quantitative estimate of drug-likeness (QED) is 0.878. The Morgan fingerprint density at radius 3 is 2.81 bits per heavy atom. The SMILES string of the molecule is CC1CCc2c(sc(NS(=O)(=O)C(C)C(=O)O)c2C#N)C1. The molecule has 6 nitrogen and oxygen atoms in total. The van der Waals surface area contributed by atoms with Crippen molar-refractivity contribution >= 4 is 32.3 Å². The molecule has 8 heteroatoms. The van der Waals surface area contributed by atoms with E-state index in [9.17, 15) is 18.5 Å². The van der Waals surface area contributed by atoms with Crippen molar-refractivity contribution in [3.05, 3.63) is 16.0 Å². The van der Waals surface area contributed by atoms with Crippen LogP contribution in [-0.2, 0) is 27.7 Å². The number of anilines is 1. The fourth-order valence-electron chi connectivity index (χ4n) is 2.29. The van der Waals surface area contributed by atoms with E-state index in [0.717, 1.165) is 36.6 Å². The Kier molecular flexibility index (Phi) is 4.25. The number of aliphatic carboxylic acids is 1. The lowest BCUT2D eigenvalue weighted by atomic mass is 9.89. The maximum Gasteiger partial charge on any atom is 0.323 e. The Labute approximate surface area is 127 Å². The molecule has 0 saturated carbocycles. The van der Waals surface area contributed by atoms with E-state index in [1.807, 2.05) is 6.07 Å². The van der Waals surface area contributed by atoms with Crippen LogP contribution < -0.4 is 4.72 Å². The van der Waals surface area contributed by atoms with Crippen molar-refractivity contribution in [1.29, 1.82) is 5.26 Å². The molecule has 1 aromatic heterocycles. The summed E-state index contributed by atoms with van der Waals surface area (Å²) < 4.78 is 26.3. The summed E-state index contributed by atoms with van der Waals surface area (Å²) in [5, 5.41) is 16.8. The molecular formula is C13H16N2O4S2. The topological polar surface area (TPSA) is 107 Å². The molecule has 0 saturated heterocycles. The first-order valence-electron chi connectivity index (χ1n) is 6.55. The number of hydrogen-bond acceptors (Lipinski definition) is 5. The van der Waals surface area contributed by atoms with E-state index in [1.165, 1.54) is 11.3 Å². The van der Waals surface area contributed by atoms with Crippen LogP contribution in [0.15, 0.2) is 0 Å². The van der Waals surface area contributed by atoms with Crippen molar-refractivity contribution in [2.45, 2.75) is 38.4 Å². The summed E-state index contributed by atoms with van der Waals surface area (Å²) in [6, 6.07) is 2.05. The maximum absolute atomic E-state index is 12.0. The Hall–Kier alpha value is -1.59. The number of rotatable bonds is 4. The Balaban J connectivity index is 2.38. The molecule has 1 aliphatic carbocycles. The fraction of sp³-hybridized carbons (Fsp3) is 0.538.